The van der Waals surface area contributed by atoms with Gasteiger partial charge >= 0.3 is 6.11 Å². The van der Waals surface area contributed by atoms with Gasteiger partial charge in [-0.3, -0.25) is 0 Å². The van der Waals surface area contributed by atoms with Crippen LogP contribution in [-0.4, -0.2) is 6.11 Å². The molecule has 39 heavy (non-hydrogen) atoms. The predicted molar refractivity (Wildman–Crippen MR) is 155 cm³/mol. The minimum Gasteiger partial charge on any atom is -0.433 e. The summed E-state index contributed by atoms with van der Waals surface area (Å²) in [6.45, 7) is 27.9. The first kappa shape index (κ1) is 36.9. The Labute approximate surface area is 234 Å². The fraction of sp³-hybridized carbons (Fsp3) is 0.636. The van der Waals surface area contributed by atoms with Gasteiger partial charge in [0.25, 0.3) is 0 Å². The molecular formula is C33H51F5O. The molecule has 0 radical (unpaired) electrons. The summed E-state index contributed by atoms with van der Waals surface area (Å²) in [5, 5.41) is 0. The number of alkyl halides is 2. The summed E-state index contributed by atoms with van der Waals surface area (Å²) in [7, 11) is 0. The molecule has 0 saturated carbocycles. The summed E-state index contributed by atoms with van der Waals surface area (Å²) in [6.07, 6.45) is 3.98. The number of halogens is 5. The Balaban J connectivity index is 4.83. The van der Waals surface area contributed by atoms with E-state index in [1.54, 1.807) is 6.92 Å². The second-order valence-corrected chi connectivity index (χ2v) is 11.5. The van der Waals surface area contributed by atoms with E-state index in [0.717, 1.165) is 18.8 Å². The van der Waals surface area contributed by atoms with Gasteiger partial charge in [-0.15, -0.1) is 0 Å². The van der Waals surface area contributed by atoms with Gasteiger partial charge < -0.3 is 4.74 Å². The van der Waals surface area contributed by atoms with E-state index < -0.39 is 41.2 Å². The molecule has 224 valence electrons. The van der Waals surface area contributed by atoms with Crippen LogP contribution in [-0.2, 0) is 4.74 Å². The minimum atomic E-state index is -3.67. The second-order valence-electron chi connectivity index (χ2n) is 11.5. The van der Waals surface area contributed by atoms with Crippen LogP contribution in [0.25, 0.3) is 0 Å². The molecule has 6 heteroatoms. The summed E-state index contributed by atoms with van der Waals surface area (Å²) in [5.74, 6) is -3.68. The number of hydrogen-bond donors (Lipinski definition) is 0. The first-order valence-electron chi connectivity index (χ1n) is 14.2. The molecule has 6 unspecified atom stereocenters. The first-order chi connectivity index (χ1) is 17.9. The summed E-state index contributed by atoms with van der Waals surface area (Å²) in [4.78, 5) is 0. The van der Waals surface area contributed by atoms with Crippen LogP contribution in [0.1, 0.15) is 93.4 Å². The lowest BCUT2D eigenvalue weighted by Crippen LogP contribution is -2.29. The molecule has 0 aromatic rings. The Kier molecular flexibility index (Phi) is 16.6. The molecule has 0 bridgehead atoms. The van der Waals surface area contributed by atoms with Gasteiger partial charge in [0.15, 0.2) is 11.7 Å². The maximum atomic E-state index is 14.9. The van der Waals surface area contributed by atoms with Gasteiger partial charge in [-0.1, -0.05) is 94.0 Å². The normalized spacial score (nSPS) is 17.5. The summed E-state index contributed by atoms with van der Waals surface area (Å²) in [6, 6.07) is 0. The van der Waals surface area contributed by atoms with Crippen LogP contribution < -0.4 is 0 Å². The SMILES string of the molecule is C=C(/C=C(/F)C(=C)F)OC(F)(F)C(C)CCC(C)C(=C)/C(F)=C\C(=C)C(C)CCC(C)C(C)CCC(C)CC. The molecule has 1 nitrogen and oxygen atoms in total. The zero-order valence-electron chi connectivity index (χ0n) is 25.2. The van der Waals surface area contributed by atoms with Crippen molar-refractivity contribution in [1.82, 2.24) is 0 Å². The molecule has 0 amide bonds. The summed E-state index contributed by atoms with van der Waals surface area (Å²) < 4.78 is 74.1. The van der Waals surface area contributed by atoms with Gasteiger partial charge in [0, 0.05) is 6.08 Å². The molecule has 0 N–H and O–H groups in total. The van der Waals surface area contributed by atoms with E-state index in [1.807, 2.05) is 6.92 Å². The van der Waals surface area contributed by atoms with Gasteiger partial charge in [0.05, 0.1) is 5.92 Å². The third kappa shape index (κ3) is 14.2. The van der Waals surface area contributed by atoms with E-state index >= 15 is 0 Å². The molecule has 0 aliphatic heterocycles. The zero-order valence-corrected chi connectivity index (χ0v) is 25.2. The lowest BCUT2D eigenvalue weighted by Gasteiger charge is -2.25. The third-order valence-corrected chi connectivity index (χ3v) is 8.11. The van der Waals surface area contributed by atoms with Crippen LogP contribution in [0, 0.1) is 35.5 Å². The Morgan fingerprint density at radius 1 is 0.718 bits per heavy atom. The highest BCUT2D eigenvalue weighted by atomic mass is 19.3. The number of hydrogen-bond acceptors (Lipinski definition) is 1. The molecule has 0 spiro atoms. The van der Waals surface area contributed by atoms with Crippen LogP contribution in [0.5, 0.6) is 0 Å². The lowest BCUT2D eigenvalue weighted by molar-refractivity contribution is -0.245. The topological polar surface area (TPSA) is 9.23 Å². The minimum absolute atomic E-state index is 0.0137. The summed E-state index contributed by atoms with van der Waals surface area (Å²) >= 11 is 0. The number of rotatable bonds is 20. The third-order valence-electron chi connectivity index (χ3n) is 8.11. The standard InChI is InChI=1S/C33H51F5O/c1-12-21(2)13-14-22(3)23(4)15-16-24(5)26(7)19-31(35)29(10)25(6)17-18-27(8)33(37,38)39-28(9)20-32(36)30(11)34/h19-25,27H,7,9-18H2,1-6,8H3/b31-19+,32-20+. The van der Waals surface area contributed by atoms with E-state index in [4.69, 9.17) is 0 Å². The van der Waals surface area contributed by atoms with Crippen molar-refractivity contribution in [1.29, 1.82) is 0 Å². The van der Waals surface area contributed by atoms with Crippen LogP contribution in [0.3, 0.4) is 0 Å². The fourth-order valence-electron chi connectivity index (χ4n) is 4.02. The Morgan fingerprint density at radius 2 is 1.23 bits per heavy atom. The zero-order chi connectivity index (χ0) is 30.5. The molecule has 0 aromatic heterocycles. The van der Waals surface area contributed by atoms with Crippen LogP contribution in [0.2, 0.25) is 0 Å². The highest BCUT2D eigenvalue weighted by Gasteiger charge is 2.39. The second kappa shape index (κ2) is 17.6. The van der Waals surface area contributed by atoms with Crippen molar-refractivity contribution in [2.75, 3.05) is 0 Å². The highest BCUT2D eigenvalue weighted by Crippen LogP contribution is 2.35. The average molecular weight is 559 g/mol. The van der Waals surface area contributed by atoms with Gasteiger partial charge in [-0.25, -0.2) is 13.2 Å². The van der Waals surface area contributed by atoms with Gasteiger partial charge in [-0.05, 0) is 72.5 Å². The van der Waals surface area contributed by atoms with Crippen molar-refractivity contribution in [3.05, 3.63) is 72.9 Å². The Hall–Kier alpha value is -2.11. The van der Waals surface area contributed by atoms with Crippen LogP contribution >= 0.6 is 0 Å². The molecule has 0 aliphatic rings. The largest absolute Gasteiger partial charge is 0.433 e. The Bertz CT molecular complexity index is 885. The van der Waals surface area contributed by atoms with E-state index in [1.165, 1.54) is 32.3 Å². The van der Waals surface area contributed by atoms with Crippen molar-refractivity contribution in [3.8, 4) is 0 Å². The summed E-state index contributed by atoms with van der Waals surface area (Å²) in [5.41, 5.74) is 0.908. The molecule has 0 heterocycles. The van der Waals surface area contributed by atoms with E-state index in [0.29, 0.717) is 23.5 Å². The monoisotopic (exact) mass is 558 g/mol. The van der Waals surface area contributed by atoms with Crippen molar-refractivity contribution >= 4 is 0 Å². The molecule has 6 atom stereocenters. The van der Waals surface area contributed by atoms with Gasteiger partial charge in [-0.2, -0.15) is 8.78 Å². The van der Waals surface area contributed by atoms with Crippen LogP contribution in [0.15, 0.2) is 72.9 Å². The molecule has 0 saturated heterocycles. The van der Waals surface area contributed by atoms with E-state index in [-0.39, 0.29) is 24.3 Å². The first-order valence-corrected chi connectivity index (χ1v) is 14.2. The highest BCUT2D eigenvalue weighted by molar-refractivity contribution is 5.32. The molecule has 0 fully saturated rings. The average Bonchev–Trinajstić information content (AvgIpc) is 2.86. The molecular weight excluding hydrogens is 507 g/mol. The fourth-order valence-corrected chi connectivity index (χ4v) is 4.02. The Morgan fingerprint density at radius 3 is 1.74 bits per heavy atom. The van der Waals surface area contributed by atoms with Crippen molar-refractivity contribution in [2.45, 2.75) is 99.5 Å². The van der Waals surface area contributed by atoms with Gasteiger partial charge in [0.1, 0.15) is 11.6 Å². The number of allylic oxidation sites excluding steroid dienone is 7. The molecule has 0 aromatic carbocycles. The van der Waals surface area contributed by atoms with E-state index in [9.17, 15) is 22.0 Å². The lowest BCUT2D eigenvalue weighted by atomic mass is 9.83. The maximum absolute atomic E-state index is 14.9. The van der Waals surface area contributed by atoms with Crippen molar-refractivity contribution in [2.24, 2.45) is 35.5 Å². The predicted octanol–water partition coefficient (Wildman–Crippen LogP) is 12.0. The smallest absolute Gasteiger partial charge is 0.400 e. The molecule has 0 rings (SSSR count). The van der Waals surface area contributed by atoms with Gasteiger partial charge in [0.2, 0.25) is 0 Å². The maximum Gasteiger partial charge on any atom is 0.400 e. The van der Waals surface area contributed by atoms with Crippen molar-refractivity contribution < 1.29 is 26.7 Å². The van der Waals surface area contributed by atoms with Crippen LogP contribution in [0.4, 0.5) is 22.0 Å². The van der Waals surface area contributed by atoms with Crippen molar-refractivity contribution in [3.63, 3.8) is 0 Å². The molecule has 0 aliphatic carbocycles. The van der Waals surface area contributed by atoms with E-state index in [2.05, 4.69) is 58.7 Å². The number of ether oxygens (including phenoxy) is 1. The quantitative estimate of drug-likeness (QED) is 0.0820.